The van der Waals surface area contributed by atoms with Crippen molar-refractivity contribution in [1.82, 2.24) is 4.90 Å². The second kappa shape index (κ2) is 8.59. The first-order valence-corrected chi connectivity index (χ1v) is 10.1. The maximum Gasteiger partial charge on any atom is 0.119 e. The van der Waals surface area contributed by atoms with Gasteiger partial charge in [0, 0.05) is 12.6 Å². The zero-order valence-corrected chi connectivity index (χ0v) is 15.5. The van der Waals surface area contributed by atoms with Gasteiger partial charge in [-0.25, -0.2) is 0 Å². The first-order valence-electron chi connectivity index (χ1n) is 10.1. The smallest absolute Gasteiger partial charge is 0.119 e. The van der Waals surface area contributed by atoms with Gasteiger partial charge in [-0.1, -0.05) is 30.7 Å². The van der Waals surface area contributed by atoms with Gasteiger partial charge in [0.05, 0.1) is 13.2 Å². The van der Waals surface area contributed by atoms with Crippen LogP contribution < -0.4 is 9.47 Å². The lowest BCUT2D eigenvalue weighted by Gasteiger charge is -2.35. The second-order valence-corrected chi connectivity index (χ2v) is 7.43. The number of benzene rings is 2. The monoisotopic (exact) mass is 351 g/mol. The van der Waals surface area contributed by atoms with Crippen molar-refractivity contribution in [3.05, 3.63) is 48.5 Å². The fourth-order valence-electron chi connectivity index (χ4n) is 4.14. The number of piperidine rings is 1. The Hall–Kier alpha value is -2.00. The molecule has 0 saturated carbocycles. The molecule has 0 aromatic heterocycles. The number of fused-ring (bicyclic) bond motifs is 2. The Morgan fingerprint density at radius 1 is 0.615 bits per heavy atom. The summed E-state index contributed by atoms with van der Waals surface area (Å²) in [5, 5.41) is 0. The van der Waals surface area contributed by atoms with Gasteiger partial charge in [0.1, 0.15) is 11.5 Å². The predicted octanol–water partition coefficient (Wildman–Crippen LogP) is 5.15. The molecule has 26 heavy (non-hydrogen) atoms. The highest BCUT2D eigenvalue weighted by Gasteiger charge is 2.21. The van der Waals surface area contributed by atoms with Crippen LogP contribution in [0.15, 0.2) is 48.5 Å². The average molecular weight is 351 g/mol. The fraction of sp³-hybridized carbons (Fsp3) is 0.478. The van der Waals surface area contributed by atoms with Gasteiger partial charge in [0.25, 0.3) is 0 Å². The molecule has 138 valence electrons. The van der Waals surface area contributed by atoms with Crippen LogP contribution in [0, 0.1) is 0 Å². The fourth-order valence-corrected chi connectivity index (χ4v) is 4.14. The average Bonchev–Trinajstić information content (AvgIpc) is 2.70. The summed E-state index contributed by atoms with van der Waals surface area (Å²) in [7, 11) is 0. The summed E-state index contributed by atoms with van der Waals surface area (Å²) in [6.07, 6.45) is 7.49. The van der Waals surface area contributed by atoms with E-state index in [0.717, 1.165) is 44.1 Å². The SMILES string of the molecule is c1cc2ccc1OCCCC1CCCCN1CCCOc1ccc-2cc1. The van der Waals surface area contributed by atoms with E-state index >= 15 is 0 Å². The molecule has 2 aromatic rings. The quantitative estimate of drug-likeness (QED) is 0.655. The molecule has 1 atom stereocenters. The van der Waals surface area contributed by atoms with Crippen LogP contribution in [0.25, 0.3) is 11.1 Å². The minimum atomic E-state index is 0.716. The maximum atomic E-state index is 5.97. The van der Waals surface area contributed by atoms with Crippen LogP contribution in [-0.4, -0.2) is 37.2 Å². The van der Waals surface area contributed by atoms with Crippen molar-refractivity contribution in [3.8, 4) is 22.6 Å². The topological polar surface area (TPSA) is 21.7 Å². The third kappa shape index (κ3) is 4.39. The molecule has 0 aliphatic carbocycles. The molecule has 1 saturated heterocycles. The van der Waals surface area contributed by atoms with Gasteiger partial charge < -0.3 is 14.4 Å². The molecule has 1 fully saturated rings. The highest BCUT2D eigenvalue weighted by atomic mass is 16.5. The Labute approximate surface area is 156 Å². The van der Waals surface area contributed by atoms with Crippen LogP contribution in [0.1, 0.15) is 38.5 Å². The Kier molecular flexibility index (Phi) is 5.75. The van der Waals surface area contributed by atoms with Crippen LogP contribution >= 0.6 is 0 Å². The number of rotatable bonds is 0. The zero-order chi connectivity index (χ0) is 17.6. The molecule has 3 nitrogen and oxygen atoms in total. The summed E-state index contributed by atoms with van der Waals surface area (Å²) in [6, 6.07) is 17.6. The van der Waals surface area contributed by atoms with E-state index in [2.05, 4.69) is 53.4 Å². The molecular weight excluding hydrogens is 322 g/mol. The standard InChI is InChI=1S/C23H29NO2/c1-2-15-24-16-4-18-26-23-13-9-20(10-14-23)19-7-11-22(12-8-19)25-17-3-6-21(24)5-1/h7-14,21H,1-6,15-18H2. The van der Waals surface area contributed by atoms with E-state index in [4.69, 9.17) is 9.47 Å². The third-order valence-electron chi connectivity index (χ3n) is 5.60. The lowest BCUT2D eigenvalue weighted by Crippen LogP contribution is -2.40. The van der Waals surface area contributed by atoms with Gasteiger partial charge >= 0.3 is 0 Å². The first kappa shape index (κ1) is 17.4. The summed E-state index contributed by atoms with van der Waals surface area (Å²) in [5.41, 5.74) is 2.42. The summed E-state index contributed by atoms with van der Waals surface area (Å²) in [4.78, 5) is 2.67. The molecule has 4 bridgehead atoms. The lowest BCUT2D eigenvalue weighted by atomic mass is 9.98. The Balaban J connectivity index is 1.49. The molecule has 0 N–H and O–H groups in total. The van der Waals surface area contributed by atoms with Crippen molar-refractivity contribution in [2.24, 2.45) is 0 Å². The summed E-state index contributed by atoms with van der Waals surface area (Å²) < 4.78 is 11.9. The van der Waals surface area contributed by atoms with E-state index in [1.807, 2.05) is 0 Å². The molecule has 6 rings (SSSR count). The minimum Gasteiger partial charge on any atom is -0.494 e. The van der Waals surface area contributed by atoms with Crippen LogP contribution in [0.5, 0.6) is 11.5 Å². The van der Waals surface area contributed by atoms with Gasteiger partial charge in [-0.3, -0.25) is 0 Å². The number of ether oxygens (including phenoxy) is 2. The summed E-state index contributed by atoms with van der Waals surface area (Å²) >= 11 is 0. The molecule has 4 aliphatic heterocycles. The Bertz CT molecular complexity index is 619. The first-order chi connectivity index (χ1) is 12.9. The van der Waals surface area contributed by atoms with Crippen molar-refractivity contribution >= 4 is 0 Å². The molecule has 4 aliphatic rings. The largest absolute Gasteiger partial charge is 0.494 e. The van der Waals surface area contributed by atoms with Crippen molar-refractivity contribution in [2.75, 3.05) is 26.3 Å². The molecule has 0 radical (unpaired) electrons. The van der Waals surface area contributed by atoms with Crippen LogP contribution in [0.2, 0.25) is 0 Å². The van der Waals surface area contributed by atoms with E-state index in [0.29, 0.717) is 6.04 Å². The van der Waals surface area contributed by atoms with E-state index < -0.39 is 0 Å². The normalized spacial score (nSPS) is 21.9. The molecule has 0 amide bonds. The Morgan fingerprint density at radius 3 is 1.81 bits per heavy atom. The summed E-state index contributed by atoms with van der Waals surface area (Å²) in [5.74, 6) is 1.93. The van der Waals surface area contributed by atoms with Gasteiger partial charge in [0.2, 0.25) is 0 Å². The summed E-state index contributed by atoms with van der Waals surface area (Å²) in [6.45, 7) is 3.98. The number of hydrogen-bond donors (Lipinski definition) is 0. The highest BCUT2D eigenvalue weighted by Crippen LogP contribution is 2.26. The third-order valence-corrected chi connectivity index (χ3v) is 5.60. The molecule has 4 heterocycles. The minimum absolute atomic E-state index is 0.716. The van der Waals surface area contributed by atoms with Gasteiger partial charge in [-0.15, -0.1) is 0 Å². The molecule has 1 unspecified atom stereocenters. The molecule has 3 heteroatoms. The van der Waals surface area contributed by atoms with Crippen molar-refractivity contribution in [3.63, 3.8) is 0 Å². The molecule has 2 aromatic carbocycles. The van der Waals surface area contributed by atoms with Gasteiger partial charge in [-0.05, 0) is 74.0 Å². The van der Waals surface area contributed by atoms with Crippen molar-refractivity contribution < 1.29 is 9.47 Å². The lowest BCUT2D eigenvalue weighted by molar-refractivity contribution is 0.124. The number of hydrogen-bond acceptors (Lipinski definition) is 3. The van der Waals surface area contributed by atoms with Gasteiger partial charge in [-0.2, -0.15) is 0 Å². The predicted molar refractivity (Wildman–Crippen MR) is 106 cm³/mol. The van der Waals surface area contributed by atoms with Gasteiger partial charge in [0.15, 0.2) is 0 Å². The van der Waals surface area contributed by atoms with E-state index in [-0.39, 0.29) is 0 Å². The van der Waals surface area contributed by atoms with E-state index in [9.17, 15) is 0 Å². The van der Waals surface area contributed by atoms with Crippen molar-refractivity contribution in [1.29, 1.82) is 0 Å². The van der Waals surface area contributed by atoms with E-state index in [1.54, 1.807) is 0 Å². The van der Waals surface area contributed by atoms with Crippen LogP contribution in [-0.2, 0) is 0 Å². The second-order valence-electron chi connectivity index (χ2n) is 7.43. The Morgan fingerprint density at radius 2 is 1.15 bits per heavy atom. The zero-order valence-electron chi connectivity index (χ0n) is 15.5. The van der Waals surface area contributed by atoms with Crippen LogP contribution in [0.4, 0.5) is 0 Å². The van der Waals surface area contributed by atoms with E-state index in [1.165, 1.54) is 43.4 Å². The van der Waals surface area contributed by atoms with Crippen molar-refractivity contribution in [2.45, 2.75) is 44.6 Å². The molecular formula is C23H29NO2. The molecule has 0 spiro atoms. The maximum absolute atomic E-state index is 5.97. The highest BCUT2D eigenvalue weighted by molar-refractivity contribution is 5.64. The van der Waals surface area contributed by atoms with Crippen LogP contribution in [0.3, 0.4) is 0 Å². The number of nitrogens with zero attached hydrogens (tertiary/aromatic N) is 1.